The Hall–Kier alpha value is -1.57. The number of anilines is 1. The maximum absolute atomic E-state index is 6.28. The molecule has 0 radical (unpaired) electrons. The summed E-state index contributed by atoms with van der Waals surface area (Å²) in [6.45, 7) is 0.644. The zero-order chi connectivity index (χ0) is 16.0. The van der Waals surface area contributed by atoms with E-state index in [9.17, 15) is 0 Å². The first-order valence-electron chi connectivity index (χ1n) is 7.56. The molecule has 2 aromatic rings. The molecule has 2 aliphatic rings. The summed E-state index contributed by atoms with van der Waals surface area (Å²) in [6, 6.07) is 6.03. The van der Waals surface area contributed by atoms with Gasteiger partial charge in [0.25, 0.3) is 0 Å². The number of benzene rings is 1. The van der Waals surface area contributed by atoms with Crippen LogP contribution in [-0.2, 0) is 6.42 Å². The van der Waals surface area contributed by atoms with E-state index in [1.165, 1.54) is 4.88 Å². The number of nitrogens with zero attached hydrogens (tertiary/aromatic N) is 2. The smallest absolute Gasteiger partial charge is 0.205 e. The summed E-state index contributed by atoms with van der Waals surface area (Å²) in [5.41, 5.74) is 8.70. The number of halogens is 1. The van der Waals surface area contributed by atoms with Gasteiger partial charge in [0.1, 0.15) is 5.75 Å². The van der Waals surface area contributed by atoms with E-state index in [2.05, 4.69) is 15.9 Å². The van der Waals surface area contributed by atoms with Crippen LogP contribution in [0.3, 0.4) is 0 Å². The third-order valence-corrected chi connectivity index (χ3v) is 5.73. The van der Waals surface area contributed by atoms with Crippen LogP contribution < -0.4 is 21.3 Å². The Bertz CT molecular complexity index is 784. The Balaban J connectivity index is 1.75. The first kappa shape index (κ1) is 15.0. The summed E-state index contributed by atoms with van der Waals surface area (Å²) in [5.74, 6) is 7.61. The average Bonchev–Trinajstić information content (AvgIpc) is 3.31. The molecule has 0 atom stereocenters. The van der Waals surface area contributed by atoms with Crippen molar-refractivity contribution in [3.8, 4) is 17.0 Å². The lowest BCUT2D eigenvalue weighted by Gasteiger charge is -2.18. The summed E-state index contributed by atoms with van der Waals surface area (Å²) in [7, 11) is 0. The fraction of sp³-hybridized carbons (Fsp3) is 0.312. The maximum Gasteiger partial charge on any atom is 0.205 e. The number of aromatic nitrogens is 1. The van der Waals surface area contributed by atoms with Crippen LogP contribution in [0.1, 0.15) is 17.7 Å². The number of allylic oxidation sites excluding steroid dienone is 1. The molecular formula is C16H17BrN4OS. The number of nitrogens with two attached hydrogens (primary N) is 2. The van der Waals surface area contributed by atoms with Crippen LogP contribution in [-0.4, -0.2) is 11.6 Å². The van der Waals surface area contributed by atoms with Crippen molar-refractivity contribution in [1.29, 1.82) is 0 Å². The Labute approximate surface area is 147 Å². The molecule has 2 heterocycles. The SMILES string of the molecule is N/C=C(/C1CC1)N(N)c1nc2c(s1)CCOc1cc(Br)ccc1-2. The number of thiazole rings is 1. The quantitative estimate of drug-likeness (QED) is 0.618. The van der Waals surface area contributed by atoms with E-state index in [1.54, 1.807) is 22.5 Å². The van der Waals surface area contributed by atoms with Crippen molar-refractivity contribution in [1.82, 2.24) is 4.98 Å². The Kier molecular flexibility index (Phi) is 3.79. The van der Waals surface area contributed by atoms with Gasteiger partial charge in [-0.1, -0.05) is 27.3 Å². The van der Waals surface area contributed by atoms with Gasteiger partial charge in [-0.15, -0.1) is 0 Å². The van der Waals surface area contributed by atoms with E-state index in [0.717, 1.165) is 51.6 Å². The predicted octanol–water partition coefficient (Wildman–Crippen LogP) is 3.40. The summed E-state index contributed by atoms with van der Waals surface area (Å²) in [4.78, 5) is 5.99. The molecule has 1 saturated carbocycles. The second-order valence-corrected chi connectivity index (χ2v) is 7.72. The van der Waals surface area contributed by atoms with Crippen molar-refractivity contribution in [2.45, 2.75) is 19.3 Å². The van der Waals surface area contributed by atoms with Crippen molar-refractivity contribution in [3.05, 3.63) is 39.4 Å². The zero-order valence-electron chi connectivity index (χ0n) is 12.5. The van der Waals surface area contributed by atoms with Gasteiger partial charge in [-0.3, -0.25) is 5.01 Å². The van der Waals surface area contributed by atoms with Crippen LogP contribution >= 0.6 is 27.3 Å². The molecule has 1 aliphatic heterocycles. The minimum atomic E-state index is 0.472. The van der Waals surface area contributed by atoms with Gasteiger partial charge in [-0.25, -0.2) is 10.8 Å². The average molecular weight is 393 g/mol. The lowest BCUT2D eigenvalue weighted by Crippen LogP contribution is -2.31. The van der Waals surface area contributed by atoms with Crippen molar-refractivity contribution < 1.29 is 4.74 Å². The fourth-order valence-corrected chi connectivity index (χ4v) is 4.13. The largest absolute Gasteiger partial charge is 0.492 e. The highest BCUT2D eigenvalue weighted by Gasteiger charge is 2.31. The molecule has 23 heavy (non-hydrogen) atoms. The molecule has 0 spiro atoms. The Morgan fingerprint density at radius 2 is 2.26 bits per heavy atom. The van der Waals surface area contributed by atoms with E-state index in [1.807, 2.05) is 18.2 Å². The van der Waals surface area contributed by atoms with E-state index in [4.69, 9.17) is 21.3 Å². The molecule has 1 fully saturated rings. The van der Waals surface area contributed by atoms with Crippen LogP contribution in [0.4, 0.5) is 5.13 Å². The summed E-state index contributed by atoms with van der Waals surface area (Å²) in [6.07, 6.45) is 4.73. The van der Waals surface area contributed by atoms with Gasteiger partial charge >= 0.3 is 0 Å². The molecule has 0 bridgehead atoms. The molecular weight excluding hydrogens is 376 g/mol. The maximum atomic E-state index is 6.28. The van der Waals surface area contributed by atoms with Gasteiger partial charge < -0.3 is 10.5 Å². The molecule has 0 amide bonds. The number of hydrazine groups is 1. The second-order valence-electron chi connectivity index (χ2n) is 5.74. The predicted molar refractivity (Wildman–Crippen MR) is 96.1 cm³/mol. The highest BCUT2D eigenvalue weighted by atomic mass is 79.9. The van der Waals surface area contributed by atoms with Crippen molar-refractivity contribution >= 4 is 32.4 Å². The molecule has 7 heteroatoms. The number of fused-ring (bicyclic) bond motifs is 3. The normalized spacial score (nSPS) is 17.0. The van der Waals surface area contributed by atoms with E-state index < -0.39 is 0 Å². The highest BCUT2D eigenvalue weighted by molar-refractivity contribution is 9.10. The molecule has 5 nitrogen and oxygen atoms in total. The monoisotopic (exact) mass is 392 g/mol. The topological polar surface area (TPSA) is 77.4 Å². The highest BCUT2D eigenvalue weighted by Crippen LogP contribution is 2.43. The van der Waals surface area contributed by atoms with Crippen molar-refractivity contribution in [2.75, 3.05) is 11.6 Å². The number of hydrogen-bond donors (Lipinski definition) is 2. The molecule has 1 aliphatic carbocycles. The molecule has 1 aromatic heterocycles. The first-order valence-corrected chi connectivity index (χ1v) is 9.17. The van der Waals surface area contributed by atoms with E-state index in [-0.39, 0.29) is 0 Å². The minimum Gasteiger partial charge on any atom is -0.492 e. The number of hydrogen-bond acceptors (Lipinski definition) is 6. The van der Waals surface area contributed by atoms with Crippen LogP contribution in [0.25, 0.3) is 11.3 Å². The van der Waals surface area contributed by atoms with Crippen molar-refractivity contribution in [2.24, 2.45) is 17.5 Å². The molecule has 0 saturated heterocycles. The Morgan fingerprint density at radius 3 is 3.00 bits per heavy atom. The third kappa shape index (κ3) is 2.73. The van der Waals surface area contributed by atoms with Gasteiger partial charge in [0.05, 0.1) is 18.0 Å². The first-order chi connectivity index (χ1) is 11.2. The van der Waals surface area contributed by atoms with Gasteiger partial charge in [-0.2, -0.15) is 0 Å². The van der Waals surface area contributed by atoms with Crippen LogP contribution in [0, 0.1) is 5.92 Å². The Morgan fingerprint density at radius 1 is 1.43 bits per heavy atom. The standard InChI is InChI=1S/C16H17BrN4OS/c17-10-3-4-11-13(7-10)22-6-5-14-15(11)20-16(23-14)21(19)12(8-18)9-1-2-9/h3-4,7-9H,1-2,5-6,18-19H2/b12-8-. The molecule has 120 valence electrons. The molecule has 4 N–H and O–H groups in total. The van der Waals surface area contributed by atoms with Gasteiger partial charge in [-0.05, 0) is 31.0 Å². The van der Waals surface area contributed by atoms with E-state index in [0.29, 0.717) is 12.5 Å². The number of ether oxygens (including phenoxy) is 1. The molecule has 0 unspecified atom stereocenters. The van der Waals surface area contributed by atoms with Crippen LogP contribution in [0.5, 0.6) is 5.75 Å². The van der Waals surface area contributed by atoms with Crippen LogP contribution in [0.2, 0.25) is 0 Å². The molecule has 1 aromatic carbocycles. The third-order valence-electron chi connectivity index (χ3n) is 4.12. The van der Waals surface area contributed by atoms with Crippen LogP contribution in [0.15, 0.2) is 34.6 Å². The summed E-state index contributed by atoms with van der Waals surface area (Å²) in [5, 5.41) is 2.44. The second kappa shape index (κ2) is 5.81. The zero-order valence-corrected chi connectivity index (χ0v) is 14.9. The van der Waals surface area contributed by atoms with Gasteiger partial charge in [0, 0.05) is 33.5 Å². The minimum absolute atomic E-state index is 0.472. The van der Waals surface area contributed by atoms with Crippen molar-refractivity contribution in [3.63, 3.8) is 0 Å². The van der Waals surface area contributed by atoms with Gasteiger partial charge in [0.2, 0.25) is 5.13 Å². The summed E-state index contributed by atoms with van der Waals surface area (Å²) < 4.78 is 6.85. The molecule has 4 rings (SSSR count). The lowest BCUT2D eigenvalue weighted by atomic mass is 10.1. The summed E-state index contributed by atoms with van der Waals surface area (Å²) >= 11 is 5.10. The lowest BCUT2D eigenvalue weighted by molar-refractivity contribution is 0.327. The van der Waals surface area contributed by atoms with E-state index >= 15 is 0 Å². The van der Waals surface area contributed by atoms with Gasteiger partial charge in [0.15, 0.2) is 0 Å². The number of rotatable bonds is 3. The fourth-order valence-electron chi connectivity index (χ4n) is 2.79.